The highest BCUT2D eigenvalue weighted by Gasteiger charge is 2.13. The molecule has 1 aromatic heterocycles. The van der Waals surface area contributed by atoms with Crippen LogP contribution < -0.4 is 0 Å². The van der Waals surface area contributed by atoms with Crippen molar-refractivity contribution in [3.8, 4) is 0 Å². The van der Waals surface area contributed by atoms with E-state index in [1.807, 2.05) is 4.57 Å². The molecule has 0 bridgehead atoms. The maximum absolute atomic E-state index is 9.13. The summed E-state index contributed by atoms with van der Waals surface area (Å²) in [6.07, 6.45) is 7.59. The average Bonchev–Trinajstić information content (AvgIpc) is 2.72. The highest BCUT2D eigenvalue weighted by molar-refractivity contribution is 4.87. The molecule has 4 nitrogen and oxygen atoms in total. The first-order chi connectivity index (χ1) is 7.33. The van der Waals surface area contributed by atoms with Crippen molar-refractivity contribution in [1.29, 1.82) is 0 Å². The van der Waals surface area contributed by atoms with Gasteiger partial charge >= 0.3 is 0 Å². The lowest BCUT2D eigenvalue weighted by molar-refractivity contribution is 0.256. The third-order valence-corrected chi connectivity index (χ3v) is 2.69. The van der Waals surface area contributed by atoms with Gasteiger partial charge < -0.3 is 9.67 Å². The van der Waals surface area contributed by atoms with Gasteiger partial charge in [-0.05, 0) is 12.8 Å². The van der Waals surface area contributed by atoms with Crippen LogP contribution in [0.5, 0.6) is 0 Å². The fraction of sp³-hybridized carbons (Fsp3) is 0.818. The van der Waals surface area contributed by atoms with Gasteiger partial charge in [0.2, 0.25) is 0 Å². The molecule has 0 aromatic carbocycles. The van der Waals surface area contributed by atoms with E-state index in [1.165, 1.54) is 12.8 Å². The Morgan fingerprint density at radius 2 is 2.13 bits per heavy atom. The number of aliphatic hydroxyl groups excluding tert-OH is 1. The Morgan fingerprint density at radius 1 is 1.33 bits per heavy atom. The topological polar surface area (TPSA) is 50.9 Å². The van der Waals surface area contributed by atoms with Crippen molar-refractivity contribution in [2.45, 2.75) is 58.6 Å². The third kappa shape index (κ3) is 3.30. The largest absolute Gasteiger partial charge is 0.388 e. The van der Waals surface area contributed by atoms with Crippen LogP contribution in [0, 0.1) is 0 Å². The SMILES string of the molecule is CCCCC(CCC)n1cnnc1CO. The second kappa shape index (κ2) is 6.56. The first-order valence-corrected chi connectivity index (χ1v) is 5.82. The Hall–Kier alpha value is -0.900. The Labute approximate surface area is 91.3 Å². The van der Waals surface area contributed by atoms with Gasteiger partial charge in [0, 0.05) is 6.04 Å². The van der Waals surface area contributed by atoms with Gasteiger partial charge in [-0.25, -0.2) is 0 Å². The van der Waals surface area contributed by atoms with E-state index in [4.69, 9.17) is 5.11 Å². The molecular formula is C11H21N3O. The highest BCUT2D eigenvalue weighted by atomic mass is 16.3. The lowest BCUT2D eigenvalue weighted by Crippen LogP contribution is -2.11. The fourth-order valence-corrected chi connectivity index (χ4v) is 1.88. The number of aromatic nitrogens is 3. The van der Waals surface area contributed by atoms with Gasteiger partial charge in [0.15, 0.2) is 5.82 Å². The molecule has 1 aromatic rings. The third-order valence-electron chi connectivity index (χ3n) is 2.69. The number of unbranched alkanes of at least 4 members (excludes halogenated alkanes) is 1. The fourth-order valence-electron chi connectivity index (χ4n) is 1.88. The first kappa shape index (κ1) is 12.2. The molecule has 1 rings (SSSR count). The minimum atomic E-state index is -0.0215. The van der Waals surface area contributed by atoms with E-state index in [1.54, 1.807) is 6.33 Å². The normalized spacial score (nSPS) is 13.0. The quantitative estimate of drug-likeness (QED) is 0.753. The summed E-state index contributed by atoms with van der Waals surface area (Å²) in [6.45, 7) is 4.36. The van der Waals surface area contributed by atoms with Gasteiger partial charge in [-0.3, -0.25) is 0 Å². The summed E-state index contributed by atoms with van der Waals surface area (Å²) in [5.74, 6) is 0.685. The molecule has 0 aliphatic heterocycles. The van der Waals surface area contributed by atoms with E-state index in [2.05, 4.69) is 24.0 Å². The van der Waals surface area contributed by atoms with Crippen LogP contribution in [0.15, 0.2) is 6.33 Å². The summed E-state index contributed by atoms with van der Waals surface area (Å²) in [5.41, 5.74) is 0. The summed E-state index contributed by atoms with van der Waals surface area (Å²) in [4.78, 5) is 0. The second-order valence-electron chi connectivity index (χ2n) is 3.90. The molecule has 86 valence electrons. The lowest BCUT2D eigenvalue weighted by atomic mass is 10.1. The van der Waals surface area contributed by atoms with Crippen LogP contribution in [0.2, 0.25) is 0 Å². The minimum absolute atomic E-state index is 0.0215. The van der Waals surface area contributed by atoms with Crippen molar-refractivity contribution in [1.82, 2.24) is 14.8 Å². The van der Waals surface area contributed by atoms with Gasteiger partial charge in [-0.15, -0.1) is 10.2 Å². The van der Waals surface area contributed by atoms with E-state index in [0.29, 0.717) is 11.9 Å². The van der Waals surface area contributed by atoms with E-state index < -0.39 is 0 Å². The van der Waals surface area contributed by atoms with Crippen molar-refractivity contribution in [3.63, 3.8) is 0 Å². The lowest BCUT2D eigenvalue weighted by Gasteiger charge is -2.18. The van der Waals surface area contributed by atoms with Gasteiger partial charge in [-0.2, -0.15) is 0 Å². The molecule has 0 saturated heterocycles. The van der Waals surface area contributed by atoms with Gasteiger partial charge in [0.25, 0.3) is 0 Å². The van der Waals surface area contributed by atoms with Crippen LogP contribution in [0.4, 0.5) is 0 Å². The smallest absolute Gasteiger partial charge is 0.158 e. The zero-order valence-corrected chi connectivity index (χ0v) is 9.69. The van der Waals surface area contributed by atoms with E-state index in [0.717, 1.165) is 19.3 Å². The summed E-state index contributed by atoms with van der Waals surface area (Å²) in [5, 5.41) is 16.9. The monoisotopic (exact) mass is 211 g/mol. The molecule has 0 fully saturated rings. The molecule has 0 aliphatic rings. The van der Waals surface area contributed by atoms with Gasteiger partial charge in [-0.1, -0.05) is 33.1 Å². The van der Waals surface area contributed by atoms with Crippen LogP contribution in [-0.2, 0) is 6.61 Å². The number of nitrogens with zero attached hydrogens (tertiary/aromatic N) is 3. The molecule has 0 radical (unpaired) electrons. The Kier molecular flexibility index (Phi) is 5.32. The molecule has 0 amide bonds. The first-order valence-electron chi connectivity index (χ1n) is 5.82. The Bertz CT molecular complexity index is 273. The number of hydrogen-bond donors (Lipinski definition) is 1. The standard InChI is InChI=1S/C11H21N3O/c1-3-5-7-10(6-4-2)14-9-12-13-11(14)8-15/h9-10,15H,3-8H2,1-2H3. The molecule has 1 atom stereocenters. The molecule has 1 N–H and O–H groups in total. The van der Waals surface area contributed by atoms with Crippen molar-refractivity contribution >= 4 is 0 Å². The molecule has 0 aliphatic carbocycles. The van der Waals surface area contributed by atoms with Crippen LogP contribution in [0.3, 0.4) is 0 Å². The Balaban J connectivity index is 2.69. The minimum Gasteiger partial charge on any atom is -0.388 e. The molecule has 0 saturated carbocycles. The second-order valence-corrected chi connectivity index (χ2v) is 3.90. The maximum atomic E-state index is 9.13. The summed E-state index contributed by atoms with van der Waals surface area (Å²) >= 11 is 0. The Morgan fingerprint density at radius 3 is 2.73 bits per heavy atom. The highest BCUT2D eigenvalue weighted by Crippen LogP contribution is 2.21. The molecule has 4 heteroatoms. The van der Waals surface area contributed by atoms with Crippen LogP contribution in [-0.4, -0.2) is 19.9 Å². The number of aliphatic hydroxyl groups is 1. The predicted molar refractivity (Wildman–Crippen MR) is 59.4 cm³/mol. The average molecular weight is 211 g/mol. The maximum Gasteiger partial charge on any atom is 0.158 e. The molecule has 0 spiro atoms. The summed E-state index contributed by atoms with van der Waals surface area (Å²) in [6, 6.07) is 0.451. The number of hydrogen-bond acceptors (Lipinski definition) is 3. The van der Waals surface area contributed by atoms with Gasteiger partial charge in [0.1, 0.15) is 12.9 Å². The van der Waals surface area contributed by atoms with E-state index >= 15 is 0 Å². The van der Waals surface area contributed by atoms with Crippen LogP contribution in [0.25, 0.3) is 0 Å². The zero-order chi connectivity index (χ0) is 11.1. The van der Waals surface area contributed by atoms with E-state index in [-0.39, 0.29) is 6.61 Å². The molecule has 1 unspecified atom stereocenters. The van der Waals surface area contributed by atoms with Crippen LogP contribution >= 0.6 is 0 Å². The van der Waals surface area contributed by atoms with Crippen molar-refractivity contribution in [2.24, 2.45) is 0 Å². The van der Waals surface area contributed by atoms with Gasteiger partial charge in [0.05, 0.1) is 0 Å². The predicted octanol–water partition coefficient (Wildman–Crippen LogP) is 2.30. The van der Waals surface area contributed by atoms with Crippen molar-refractivity contribution in [3.05, 3.63) is 12.2 Å². The molecule has 15 heavy (non-hydrogen) atoms. The molecular weight excluding hydrogens is 190 g/mol. The zero-order valence-electron chi connectivity index (χ0n) is 9.69. The summed E-state index contributed by atoms with van der Waals surface area (Å²) in [7, 11) is 0. The van der Waals surface area contributed by atoms with Crippen molar-refractivity contribution < 1.29 is 5.11 Å². The van der Waals surface area contributed by atoms with Crippen molar-refractivity contribution in [2.75, 3.05) is 0 Å². The molecule has 1 heterocycles. The number of rotatable bonds is 7. The van der Waals surface area contributed by atoms with E-state index in [9.17, 15) is 0 Å². The van der Waals surface area contributed by atoms with Crippen LogP contribution in [0.1, 0.15) is 57.8 Å². The summed E-state index contributed by atoms with van der Waals surface area (Å²) < 4.78 is 2.03.